The van der Waals surface area contributed by atoms with E-state index in [1.165, 1.54) is 21.4 Å². The Bertz CT molecular complexity index is 1350. The van der Waals surface area contributed by atoms with Gasteiger partial charge in [-0.1, -0.05) is 23.7 Å². The van der Waals surface area contributed by atoms with Gasteiger partial charge in [0.2, 0.25) is 15.8 Å². The number of hydrogen-bond acceptors (Lipinski definition) is 5. The molecule has 0 fully saturated rings. The van der Waals surface area contributed by atoms with E-state index in [9.17, 15) is 31.2 Å². The Balaban J connectivity index is 1.94. The van der Waals surface area contributed by atoms with Gasteiger partial charge in [-0.15, -0.1) is 0 Å². The third kappa shape index (κ3) is 7.15. The molecule has 0 bridgehead atoms. The van der Waals surface area contributed by atoms with E-state index in [0.717, 1.165) is 0 Å². The molecule has 1 aromatic carbocycles. The Morgan fingerprint density at radius 1 is 1.12 bits per heavy atom. The lowest BCUT2D eigenvalue weighted by atomic mass is 10.1. The van der Waals surface area contributed by atoms with Crippen molar-refractivity contribution in [1.82, 2.24) is 14.0 Å². The van der Waals surface area contributed by atoms with Crippen LogP contribution in [0.3, 0.4) is 0 Å². The highest BCUT2D eigenvalue weighted by molar-refractivity contribution is 7.89. The number of imidazole rings is 1. The van der Waals surface area contributed by atoms with Crippen LogP contribution in [0.1, 0.15) is 31.2 Å². The first-order chi connectivity index (χ1) is 15.8. The number of carbonyl (C=O) groups is 1. The largest absolute Gasteiger partial charge is 0.389 e. The first-order valence-corrected chi connectivity index (χ1v) is 12.4. The number of aromatic nitrogens is 3. The molecule has 0 unspecified atom stereocenters. The van der Waals surface area contributed by atoms with Gasteiger partial charge in [-0.3, -0.25) is 14.0 Å². The minimum absolute atomic E-state index is 0.00543. The van der Waals surface area contributed by atoms with E-state index >= 15 is 0 Å². The minimum Gasteiger partial charge on any atom is -0.318 e. The van der Waals surface area contributed by atoms with Crippen molar-refractivity contribution in [3.8, 4) is 11.3 Å². The molecule has 13 heteroatoms. The van der Waals surface area contributed by atoms with Crippen LogP contribution in [0.15, 0.2) is 41.5 Å². The van der Waals surface area contributed by atoms with Crippen molar-refractivity contribution in [1.29, 1.82) is 0 Å². The molecule has 2 aromatic heterocycles. The van der Waals surface area contributed by atoms with E-state index < -0.39 is 28.2 Å². The Hall–Kier alpha value is -2.70. The Labute approximate surface area is 198 Å². The third-order valence-corrected chi connectivity index (χ3v) is 6.13. The zero-order chi connectivity index (χ0) is 25.1. The summed E-state index contributed by atoms with van der Waals surface area (Å²) in [6.45, 7) is -0.0764. The number of fused-ring (bicyclic) bond motifs is 1. The van der Waals surface area contributed by atoms with E-state index in [1.807, 2.05) is 0 Å². The second-order valence-electron chi connectivity index (χ2n) is 7.86. The molecule has 0 saturated heterocycles. The van der Waals surface area contributed by atoms with Crippen LogP contribution in [-0.2, 0) is 27.8 Å². The predicted octanol–water partition coefficient (Wildman–Crippen LogP) is 3.34. The van der Waals surface area contributed by atoms with Gasteiger partial charge < -0.3 is 4.57 Å². The number of sulfonamides is 1. The number of nitrogens with two attached hydrogens (primary N) is 1. The highest BCUT2D eigenvalue weighted by atomic mass is 35.5. The van der Waals surface area contributed by atoms with Gasteiger partial charge in [-0.05, 0) is 25.0 Å². The van der Waals surface area contributed by atoms with Gasteiger partial charge in [0, 0.05) is 54.4 Å². The molecule has 0 spiro atoms. The molecule has 0 radical (unpaired) electrons. The molecule has 2 N–H and O–H groups in total. The summed E-state index contributed by atoms with van der Waals surface area (Å²) < 4.78 is 62.7. The van der Waals surface area contributed by atoms with E-state index in [0.29, 0.717) is 16.3 Å². The van der Waals surface area contributed by atoms with Crippen LogP contribution in [-0.4, -0.2) is 40.1 Å². The number of ketones is 1. The van der Waals surface area contributed by atoms with Crippen molar-refractivity contribution >= 4 is 33.2 Å². The molecule has 34 heavy (non-hydrogen) atoms. The van der Waals surface area contributed by atoms with Gasteiger partial charge in [0.25, 0.3) is 5.56 Å². The lowest BCUT2D eigenvalue weighted by Gasteiger charge is -2.12. The smallest absolute Gasteiger partial charge is 0.318 e. The Kier molecular flexibility index (Phi) is 7.84. The number of aryl methyl sites for hydroxylation is 1. The number of nitrogens with zero attached hydrogens (tertiary/aromatic N) is 3. The van der Waals surface area contributed by atoms with Crippen LogP contribution in [0.2, 0.25) is 5.02 Å². The molecule has 0 aliphatic carbocycles. The fourth-order valence-corrected chi connectivity index (χ4v) is 4.12. The predicted molar refractivity (Wildman–Crippen MR) is 121 cm³/mol. The van der Waals surface area contributed by atoms with Gasteiger partial charge in [-0.2, -0.15) is 13.2 Å². The molecule has 0 aliphatic rings. The first-order valence-electron chi connectivity index (χ1n) is 10.3. The molecular formula is C21H22ClF3N4O4S. The number of hydrogen-bond donors (Lipinski definition) is 1. The van der Waals surface area contributed by atoms with Crippen molar-refractivity contribution in [2.75, 3.05) is 5.75 Å². The maximum absolute atomic E-state index is 13.0. The van der Waals surface area contributed by atoms with Crippen LogP contribution in [0, 0.1) is 0 Å². The van der Waals surface area contributed by atoms with E-state index in [-0.39, 0.29) is 55.1 Å². The van der Waals surface area contributed by atoms with Gasteiger partial charge in [-0.25, -0.2) is 18.5 Å². The average Bonchev–Trinajstić information content (AvgIpc) is 3.16. The summed E-state index contributed by atoms with van der Waals surface area (Å²) in [5, 5.41) is 5.43. The highest BCUT2D eigenvalue weighted by Crippen LogP contribution is 2.23. The topological polar surface area (TPSA) is 117 Å². The average molecular weight is 519 g/mol. The molecule has 0 amide bonds. The molecule has 184 valence electrons. The van der Waals surface area contributed by atoms with Crippen molar-refractivity contribution < 1.29 is 26.4 Å². The van der Waals surface area contributed by atoms with E-state index in [2.05, 4.69) is 4.98 Å². The maximum atomic E-state index is 13.0. The normalized spacial score (nSPS) is 12.4. The molecule has 3 aromatic rings. The fourth-order valence-electron chi connectivity index (χ4n) is 3.45. The summed E-state index contributed by atoms with van der Waals surface area (Å²) in [5.74, 6) is -0.617. The van der Waals surface area contributed by atoms with Crippen LogP contribution in [0.4, 0.5) is 13.2 Å². The van der Waals surface area contributed by atoms with Crippen molar-refractivity contribution in [3.05, 3.63) is 57.6 Å². The summed E-state index contributed by atoms with van der Waals surface area (Å²) in [6.07, 6.45) is -3.20. The summed E-state index contributed by atoms with van der Waals surface area (Å²) >= 11 is 5.91. The molecule has 0 saturated carbocycles. The van der Waals surface area contributed by atoms with Crippen LogP contribution >= 0.6 is 11.6 Å². The summed E-state index contributed by atoms with van der Waals surface area (Å²) in [5.41, 5.74) is 0.597. The summed E-state index contributed by atoms with van der Waals surface area (Å²) in [7, 11) is -3.72. The summed E-state index contributed by atoms with van der Waals surface area (Å²) in [4.78, 5) is 29.8. The molecule has 0 atom stereocenters. The maximum Gasteiger partial charge on any atom is 0.389 e. The molecule has 2 heterocycles. The van der Waals surface area contributed by atoms with Crippen molar-refractivity contribution in [3.63, 3.8) is 0 Å². The number of Topliss-reactive ketones (excluding diaryl/α,β-unsaturated/α-hetero) is 1. The van der Waals surface area contributed by atoms with Crippen molar-refractivity contribution in [2.24, 2.45) is 5.14 Å². The van der Waals surface area contributed by atoms with Gasteiger partial charge >= 0.3 is 6.18 Å². The van der Waals surface area contributed by atoms with Crippen LogP contribution < -0.4 is 10.7 Å². The molecule has 3 rings (SSSR count). The number of rotatable bonds is 10. The van der Waals surface area contributed by atoms with Gasteiger partial charge in [0.05, 0.1) is 11.4 Å². The number of primary sulfonamides is 1. The SMILES string of the molecule is NS(=O)(=O)CCCC(=O)Cc1cn(CCCC(F)(F)F)c2nc(-c3ccc(Cl)cc3)cn2c1=O. The quantitative estimate of drug-likeness (QED) is 0.442. The number of benzene rings is 1. The zero-order valence-corrected chi connectivity index (χ0v) is 19.5. The third-order valence-electron chi connectivity index (χ3n) is 5.02. The summed E-state index contributed by atoms with van der Waals surface area (Å²) in [6, 6.07) is 6.67. The van der Waals surface area contributed by atoms with Gasteiger partial charge in [0.15, 0.2) is 0 Å². The molecule has 0 aliphatic heterocycles. The lowest BCUT2D eigenvalue weighted by Crippen LogP contribution is -2.24. The minimum atomic E-state index is -4.33. The Morgan fingerprint density at radius 3 is 2.41 bits per heavy atom. The lowest BCUT2D eigenvalue weighted by molar-refractivity contribution is -0.135. The van der Waals surface area contributed by atoms with Crippen LogP contribution in [0.25, 0.3) is 17.0 Å². The van der Waals surface area contributed by atoms with Crippen molar-refractivity contribution in [2.45, 2.75) is 44.8 Å². The second kappa shape index (κ2) is 10.3. The monoisotopic (exact) mass is 518 g/mol. The van der Waals surface area contributed by atoms with Gasteiger partial charge in [0.1, 0.15) is 5.78 Å². The number of halogens is 4. The fraction of sp³-hybridized carbons (Fsp3) is 0.381. The Morgan fingerprint density at radius 2 is 1.79 bits per heavy atom. The molecular weight excluding hydrogens is 497 g/mol. The number of alkyl halides is 3. The van der Waals surface area contributed by atoms with E-state index in [1.54, 1.807) is 24.3 Å². The second-order valence-corrected chi connectivity index (χ2v) is 10.0. The van der Waals surface area contributed by atoms with Crippen LogP contribution in [0.5, 0.6) is 0 Å². The zero-order valence-electron chi connectivity index (χ0n) is 17.9. The van der Waals surface area contributed by atoms with E-state index in [4.69, 9.17) is 16.7 Å². The first kappa shape index (κ1) is 25.9. The standard InChI is InChI=1S/C21H22ClF3N4O4S/c22-16-6-4-14(5-7-16)18-13-29-19(31)15(11-17(30)3-1-10-34(26,32)33)12-28(20(29)27-18)9-2-8-21(23,24)25/h4-7,12-13H,1-3,8-11H2,(H2,26,32,33). The molecule has 8 nitrogen and oxygen atoms in total. The number of carbonyl (C=O) groups excluding carboxylic acids is 1. The highest BCUT2D eigenvalue weighted by Gasteiger charge is 2.26.